The van der Waals surface area contributed by atoms with Gasteiger partial charge in [0.2, 0.25) is 0 Å². The zero-order chi connectivity index (χ0) is 12.3. The van der Waals surface area contributed by atoms with Crippen molar-refractivity contribution >= 4 is 15.5 Å². The highest BCUT2D eigenvalue weighted by atomic mass is 32.2. The van der Waals surface area contributed by atoms with Crippen LogP contribution in [-0.4, -0.2) is 20.7 Å². The van der Waals surface area contributed by atoms with Gasteiger partial charge in [-0.15, -0.1) is 0 Å². The number of sulfone groups is 1. The van der Waals surface area contributed by atoms with E-state index in [0.717, 1.165) is 24.7 Å². The number of hydrogen-bond donors (Lipinski definition) is 2. The zero-order valence-corrected chi connectivity index (χ0v) is 10.4. The Bertz CT molecular complexity index is 467. The van der Waals surface area contributed by atoms with E-state index in [2.05, 4.69) is 0 Å². The van der Waals surface area contributed by atoms with Crippen molar-refractivity contribution in [2.75, 3.05) is 12.0 Å². The second kappa shape index (κ2) is 4.84. The van der Waals surface area contributed by atoms with Gasteiger partial charge >= 0.3 is 0 Å². The van der Waals surface area contributed by atoms with E-state index in [1.807, 2.05) is 13.0 Å². The van der Waals surface area contributed by atoms with Crippen molar-refractivity contribution in [2.24, 2.45) is 5.73 Å². The van der Waals surface area contributed by atoms with Crippen LogP contribution in [0.5, 0.6) is 0 Å². The van der Waals surface area contributed by atoms with Crippen molar-refractivity contribution in [3.05, 3.63) is 23.8 Å². The Morgan fingerprint density at radius 3 is 2.50 bits per heavy atom. The van der Waals surface area contributed by atoms with Crippen molar-refractivity contribution in [2.45, 2.75) is 30.7 Å². The van der Waals surface area contributed by atoms with Crippen molar-refractivity contribution in [3.63, 3.8) is 0 Å². The van der Waals surface area contributed by atoms with Crippen LogP contribution in [0.4, 0.5) is 5.69 Å². The van der Waals surface area contributed by atoms with Crippen LogP contribution in [-0.2, 0) is 16.3 Å². The van der Waals surface area contributed by atoms with Gasteiger partial charge in [0.05, 0.1) is 10.6 Å². The summed E-state index contributed by atoms with van der Waals surface area (Å²) >= 11 is 0. The van der Waals surface area contributed by atoms with E-state index >= 15 is 0 Å². The molecular formula is C11H18N2O2S. The van der Waals surface area contributed by atoms with Gasteiger partial charge in [0, 0.05) is 12.3 Å². The quantitative estimate of drug-likeness (QED) is 0.770. The Labute approximate surface area is 96.6 Å². The van der Waals surface area contributed by atoms with Crippen molar-refractivity contribution < 1.29 is 8.42 Å². The van der Waals surface area contributed by atoms with Crippen LogP contribution in [0.25, 0.3) is 0 Å². The molecule has 1 aromatic carbocycles. The molecule has 0 aromatic heterocycles. The fourth-order valence-electron chi connectivity index (χ4n) is 1.45. The average Bonchev–Trinajstić information content (AvgIpc) is 2.14. The number of hydrogen-bond acceptors (Lipinski definition) is 4. The Morgan fingerprint density at radius 1 is 1.38 bits per heavy atom. The minimum absolute atomic E-state index is 0.110. The molecule has 0 aliphatic carbocycles. The first-order valence-corrected chi connectivity index (χ1v) is 7.04. The average molecular weight is 242 g/mol. The lowest BCUT2D eigenvalue weighted by molar-refractivity contribution is 0.602. The highest BCUT2D eigenvalue weighted by Gasteiger charge is 2.12. The smallest absolute Gasteiger partial charge is 0.177 e. The zero-order valence-electron chi connectivity index (χ0n) is 9.60. The monoisotopic (exact) mass is 242 g/mol. The standard InChI is InChI=1S/C11H18N2O2S/c1-8(12)3-4-9-5-6-10(13)11(7-9)16(2,14)15/h5-8H,3-4,12-13H2,1-2H3. The Hall–Kier alpha value is -1.07. The SMILES string of the molecule is CC(N)CCc1ccc(N)c(S(C)(=O)=O)c1. The van der Waals surface area contributed by atoms with E-state index in [4.69, 9.17) is 11.5 Å². The Kier molecular flexibility index (Phi) is 3.93. The lowest BCUT2D eigenvalue weighted by Crippen LogP contribution is -2.15. The Morgan fingerprint density at radius 2 is 2.00 bits per heavy atom. The molecular weight excluding hydrogens is 224 g/mol. The topological polar surface area (TPSA) is 86.2 Å². The summed E-state index contributed by atoms with van der Waals surface area (Å²) in [5.41, 5.74) is 12.5. The van der Waals surface area contributed by atoms with Crippen LogP contribution in [0.2, 0.25) is 0 Å². The summed E-state index contributed by atoms with van der Waals surface area (Å²) in [6.07, 6.45) is 2.75. The molecule has 90 valence electrons. The molecule has 0 bridgehead atoms. The number of anilines is 1. The maximum absolute atomic E-state index is 11.4. The molecule has 0 fully saturated rings. The number of rotatable bonds is 4. The summed E-state index contributed by atoms with van der Waals surface area (Å²) < 4.78 is 22.9. The predicted molar refractivity (Wildman–Crippen MR) is 65.9 cm³/mol. The van der Waals surface area contributed by atoms with E-state index in [9.17, 15) is 8.42 Å². The third-order valence-electron chi connectivity index (χ3n) is 2.37. The van der Waals surface area contributed by atoms with Gasteiger partial charge in [-0.2, -0.15) is 0 Å². The van der Waals surface area contributed by atoms with E-state index in [1.54, 1.807) is 12.1 Å². The third kappa shape index (κ3) is 3.50. The van der Waals surface area contributed by atoms with Gasteiger partial charge in [-0.1, -0.05) is 6.07 Å². The first-order valence-electron chi connectivity index (χ1n) is 5.14. The molecule has 4 nitrogen and oxygen atoms in total. The van der Waals surface area contributed by atoms with Crippen LogP contribution in [0.15, 0.2) is 23.1 Å². The molecule has 0 saturated heterocycles. The number of nitrogens with two attached hydrogens (primary N) is 2. The summed E-state index contributed by atoms with van der Waals surface area (Å²) in [4.78, 5) is 0.203. The molecule has 5 heteroatoms. The van der Waals surface area contributed by atoms with Crippen molar-refractivity contribution in [1.29, 1.82) is 0 Å². The van der Waals surface area contributed by atoms with Crippen molar-refractivity contribution in [3.8, 4) is 0 Å². The molecule has 0 saturated carbocycles. The van der Waals surface area contributed by atoms with E-state index in [0.29, 0.717) is 5.69 Å². The highest BCUT2D eigenvalue weighted by molar-refractivity contribution is 7.90. The molecule has 16 heavy (non-hydrogen) atoms. The highest BCUT2D eigenvalue weighted by Crippen LogP contribution is 2.20. The van der Waals surface area contributed by atoms with Crippen LogP contribution in [0.3, 0.4) is 0 Å². The molecule has 4 N–H and O–H groups in total. The lowest BCUT2D eigenvalue weighted by atomic mass is 10.1. The first-order chi connectivity index (χ1) is 7.30. The molecule has 1 aromatic rings. The number of aryl methyl sites for hydroxylation is 1. The lowest BCUT2D eigenvalue weighted by Gasteiger charge is -2.08. The van der Waals surface area contributed by atoms with Gasteiger partial charge in [0.1, 0.15) is 0 Å². The number of nitrogen functional groups attached to an aromatic ring is 1. The van der Waals surface area contributed by atoms with Gasteiger partial charge in [-0.05, 0) is 37.5 Å². The summed E-state index contributed by atoms with van der Waals surface area (Å²) in [6, 6.07) is 5.21. The van der Waals surface area contributed by atoms with Crippen LogP contribution in [0, 0.1) is 0 Å². The summed E-state index contributed by atoms with van der Waals surface area (Å²) in [7, 11) is -3.25. The summed E-state index contributed by atoms with van der Waals surface area (Å²) in [5, 5.41) is 0. The fraction of sp³-hybridized carbons (Fsp3) is 0.455. The minimum atomic E-state index is -3.25. The fourth-order valence-corrected chi connectivity index (χ4v) is 2.31. The first kappa shape index (κ1) is 13.0. The van der Waals surface area contributed by atoms with Crippen LogP contribution >= 0.6 is 0 Å². The van der Waals surface area contributed by atoms with Gasteiger partial charge in [0.25, 0.3) is 0 Å². The van der Waals surface area contributed by atoms with Gasteiger partial charge < -0.3 is 11.5 Å². The van der Waals surface area contributed by atoms with Gasteiger partial charge in [-0.25, -0.2) is 8.42 Å². The second-order valence-corrected chi connectivity index (χ2v) is 6.14. The van der Waals surface area contributed by atoms with E-state index in [-0.39, 0.29) is 10.9 Å². The third-order valence-corrected chi connectivity index (χ3v) is 3.52. The van der Waals surface area contributed by atoms with Gasteiger partial charge in [0.15, 0.2) is 9.84 Å². The molecule has 0 amide bonds. The maximum Gasteiger partial charge on any atom is 0.177 e. The minimum Gasteiger partial charge on any atom is -0.398 e. The Balaban J connectivity index is 2.99. The molecule has 0 heterocycles. The van der Waals surface area contributed by atoms with E-state index < -0.39 is 9.84 Å². The van der Waals surface area contributed by atoms with Crippen LogP contribution in [0.1, 0.15) is 18.9 Å². The maximum atomic E-state index is 11.4. The van der Waals surface area contributed by atoms with Crippen LogP contribution < -0.4 is 11.5 Å². The summed E-state index contributed by atoms with van der Waals surface area (Å²) in [6.45, 7) is 1.93. The second-order valence-electron chi connectivity index (χ2n) is 4.16. The molecule has 0 aliphatic heterocycles. The molecule has 1 unspecified atom stereocenters. The molecule has 0 radical (unpaired) electrons. The molecule has 1 atom stereocenters. The largest absolute Gasteiger partial charge is 0.398 e. The summed E-state index contributed by atoms with van der Waals surface area (Å²) in [5.74, 6) is 0. The molecule has 0 spiro atoms. The molecule has 0 aliphatic rings. The number of benzene rings is 1. The molecule has 1 rings (SSSR count). The normalized spacial score (nSPS) is 13.7. The van der Waals surface area contributed by atoms with Gasteiger partial charge in [-0.3, -0.25) is 0 Å². The van der Waals surface area contributed by atoms with Crippen molar-refractivity contribution in [1.82, 2.24) is 0 Å². The predicted octanol–water partition coefficient (Wildman–Crippen LogP) is 0.952. The van der Waals surface area contributed by atoms with E-state index in [1.165, 1.54) is 0 Å².